The smallest absolute Gasteiger partial charge is 0.252 e. The molecule has 21 N–H and O–H groups in total. The number of nitrogens with one attached hydrogen (secondary N) is 6. The van der Waals surface area contributed by atoms with Crippen LogP contribution in [-0.4, -0.2) is 120 Å². The number of para-hydroxylation sites is 3. The van der Waals surface area contributed by atoms with Crippen LogP contribution in [0.4, 0.5) is 17.1 Å². The molecule has 0 bridgehead atoms. The average Bonchev–Trinajstić information content (AvgIpc) is 2.81. The third-order valence-electron chi connectivity index (χ3n) is 17.3. The Bertz CT molecular complexity index is 3590. The second-order valence-electron chi connectivity index (χ2n) is 23.6. The number of unbranched alkanes of at least 4 members (excludes halogenated alkanes) is 3. The fourth-order valence-corrected chi connectivity index (χ4v) is 12.0. The van der Waals surface area contributed by atoms with E-state index < -0.39 is 75.9 Å². The van der Waals surface area contributed by atoms with Gasteiger partial charge in [0.2, 0.25) is 0 Å². The van der Waals surface area contributed by atoms with Gasteiger partial charge in [0.05, 0.1) is 0 Å². The Labute approximate surface area is 527 Å². The molecule has 0 saturated heterocycles. The molecule has 0 aliphatic heterocycles. The van der Waals surface area contributed by atoms with Gasteiger partial charge in [0.1, 0.15) is 18.3 Å². The Morgan fingerprint density at radius 1 is 0.374 bits per heavy atom. The normalized spacial score (nSPS) is 15.0. The molecule has 6 aromatic carbocycles. The number of hydrogen-bond donors (Lipinski definition) is 15. The van der Waals surface area contributed by atoms with Crippen molar-refractivity contribution in [2.24, 2.45) is 34.4 Å². The molecular formula is C70H82N12O9. The van der Waals surface area contributed by atoms with Crippen molar-refractivity contribution in [1.82, 2.24) is 15.0 Å². The summed E-state index contributed by atoms with van der Waals surface area (Å²) in [6.45, 7) is 0.900. The maximum absolute atomic E-state index is 14.3. The van der Waals surface area contributed by atoms with Crippen molar-refractivity contribution >= 4 is 84.8 Å². The molecule has 9 aromatic rings. The predicted molar refractivity (Wildman–Crippen MR) is 355 cm³/mol. The zero-order chi connectivity index (χ0) is 64.9. The SMILES string of the molecule is NCCCC[C@@](N)(C(=O)Nc1ccc(C(c2ccc(NC(=O)[C@](N)(CCCCN)C(=O)C(O)Cc3c[nH]c4ccccc34)cc2)c2ccc(NC(=O)[C@](N)(CCCCN)C(=O)C(O)Cc3c[nH]c4ccccc34)cc2)cc1)C(=O)C(O)Cc1c[nH]c2ccccc12. The zero-order valence-corrected chi connectivity index (χ0v) is 50.8. The minimum absolute atomic E-state index is 0.0807. The van der Waals surface area contributed by atoms with Gasteiger partial charge in [0.25, 0.3) is 17.7 Å². The molecule has 476 valence electrons. The third-order valence-corrected chi connectivity index (χ3v) is 17.3. The van der Waals surface area contributed by atoms with Crippen molar-refractivity contribution in [3.8, 4) is 0 Å². The minimum atomic E-state index is -2.13. The largest absolute Gasteiger partial charge is 0.385 e. The van der Waals surface area contributed by atoms with Crippen molar-refractivity contribution in [1.29, 1.82) is 0 Å². The number of aromatic amines is 3. The van der Waals surface area contributed by atoms with Gasteiger partial charge in [0, 0.05) is 93.5 Å². The second kappa shape index (κ2) is 29.8. The van der Waals surface area contributed by atoms with Crippen LogP contribution in [0, 0.1) is 0 Å². The number of hydrogen-bond acceptors (Lipinski definition) is 15. The first-order valence-electron chi connectivity index (χ1n) is 30.8. The Kier molecular flexibility index (Phi) is 21.7. The second-order valence-corrected chi connectivity index (χ2v) is 23.6. The predicted octanol–water partition coefficient (Wildman–Crippen LogP) is 6.12. The molecule has 3 heterocycles. The van der Waals surface area contributed by atoms with Gasteiger partial charge in [-0.15, -0.1) is 0 Å². The fourth-order valence-electron chi connectivity index (χ4n) is 12.0. The van der Waals surface area contributed by atoms with Crippen molar-refractivity contribution in [3.63, 3.8) is 0 Å². The van der Waals surface area contributed by atoms with E-state index in [9.17, 15) is 44.1 Å². The van der Waals surface area contributed by atoms with E-state index in [0.29, 0.717) is 109 Å². The number of ketones is 3. The van der Waals surface area contributed by atoms with Crippen LogP contribution in [-0.2, 0) is 48.0 Å². The molecular weight excluding hydrogens is 1150 g/mol. The number of fused-ring (bicyclic) bond motifs is 3. The van der Waals surface area contributed by atoms with Crippen LogP contribution in [0.2, 0.25) is 0 Å². The first-order chi connectivity index (χ1) is 43.8. The van der Waals surface area contributed by atoms with Crippen molar-refractivity contribution < 1.29 is 44.1 Å². The Morgan fingerprint density at radius 3 is 0.879 bits per heavy atom. The highest BCUT2D eigenvalue weighted by Gasteiger charge is 2.47. The molecule has 0 aliphatic carbocycles. The molecule has 21 heteroatoms. The number of H-pyrrole nitrogens is 3. The monoisotopic (exact) mass is 1230 g/mol. The first-order valence-corrected chi connectivity index (χ1v) is 30.8. The number of aliphatic hydroxyl groups excluding tert-OH is 3. The van der Waals surface area contributed by atoms with E-state index in [1.165, 1.54) is 0 Å². The lowest BCUT2D eigenvalue weighted by molar-refractivity contribution is -0.140. The number of aromatic nitrogens is 3. The van der Waals surface area contributed by atoms with E-state index in [0.717, 1.165) is 32.7 Å². The fraction of sp³-hybridized carbons (Fsp3) is 0.314. The molecule has 91 heavy (non-hydrogen) atoms. The topological polar surface area (TPSA) is 403 Å². The van der Waals surface area contributed by atoms with Gasteiger partial charge in [0.15, 0.2) is 34.0 Å². The molecule has 0 saturated carbocycles. The Hall–Kier alpha value is -9.00. The van der Waals surface area contributed by atoms with Crippen LogP contribution >= 0.6 is 0 Å². The molecule has 3 unspecified atom stereocenters. The summed E-state index contributed by atoms with van der Waals surface area (Å²) >= 11 is 0. The summed E-state index contributed by atoms with van der Waals surface area (Å²) in [6, 6.07) is 43.0. The molecule has 0 spiro atoms. The maximum atomic E-state index is 14.3. The summed E-state index contributed by atoms with van der Waals surface area (Å²) in [6.07, 6.45) is 2.29. The van der Waals surface area contributed by atoms with Crippen LogP contribution in [0.25, 0.3) is 32.7 Å². The number of anilines is 3. The summed E-state index contributed by atoms with van der Waals surface area (Å²) in [5.41, 5.74) is 38.9. The van der Waals surface area contributed by atoms with Crippen molar-refractivity contribution in [3.05, 3.63) is 198 Å². The summed E-state index contributed by atoms with van der Waals surface area (Å²) in [5, 5.41) is 45.1. The van der Waals surface area contributed by atoms with Crippen LogP contribution in [0.15, 0.2) is 164 Å². The van der Waals surface area contributed by atoms with Crippen molar-refractivity contribution in [2.45, 2.75) is 118 Å². The van der Waals surface area contributed by atoms with Crippen molar-refractivity contribution in [2.75, 3.05) is 35.6 Å². The van der Waals surface area contributed by atoms with Gasteiger partial charge in [-0.1, -0.05) is 91.0 Å². The van der Waals surface area contributed by atoms with E-state index in [1.54, 1.807) is 91.4 Å². The summed E-state index contributed by atoms with van der Waals surface area (Å²) in [4.78, 5) is 94.9. The quantitative estimate of drug-likeness (QED) is 0.0125. The number of nitrogens with two attached hydrogens (primary N) is 6. The molecule has 3 amide bonds. The van der Waals surface area contributed by atoms with Gasteiger partial charge in [-0.3, -0.25) is 28.8 Å². The number of carbonyl (C=O) groups is 6. The van der Waals surface area contributed by atoms with E-state index >= 15 is 0 Å². The lowest BCUT2D eigenvalue weighted by atomic mass is 9.83. The highest BCUT2D eigenvalue weighted by molar-refractivity contribution is 6.18. The summed E-state index contributed by atoms with van der Waals surface area (Å²) in [7, 11) is 0. The van der Waals surface area contributed by atoms with Gasteiger partial charge in [-0.05, 0) is 165 Å². The third kappa shape index (κ3) is 15.1. The van der Waals surface area contributed by atoms with E-state index in [1.807, 2.05) is 72.8 Å². The number of aliphatic hydroxyl groups is 3. The maximum Gasteiger partial charge on any atom is 0.252 e. The number of rotatable bonds is 33. The Morgan fingerprint density at radius 2 is 0.626 bits per heavy atom. The number of Topliss-reactive ketones (excluding diaryl/α,β-unsaturated/α-hetero) is 3. The lowest BCUT2D eigenvalue weighted by Gasteiger charge is -2.29. The molecule has 0 aliphatic rings. The Balaban J connectivity index is 0.980. The van der Waals surface area contributed by atoms with E-state index in [2.05, 4.69) is 30.9 Å². The molecule has 3 aromatic heterocycles. The lowest BCUT2D eigenvalue weighted by Crippen LogP contribution is -2.61. The minimum Gasteiger partial charge on any atom is -0.385 e. The molecule has 9 rings (SSSR count). The molecule has 0 fully saturated rings. The standard InChI is InChI=1S/C70H82N12O9/c71-34-10-7-31-68(74,62(86)58(83)37-46-40-77-55-16-4-1-13-52(46)55)65(89)80-49-25-19-43(20-26-49)61(44-21-27-50(28-22-44)81-66(90)69(75,32-8-11-35-72)63(87)59(84)38-47-41-78-56-17-5-2-14-53(47)56)45-23-29-51(30-24-45)82-67(91)70(76,33-9-12-36-73)64(88)60(85)39-48-42-79-57-18-6-3-15-54(48)57/h1-6,13-30,40-42,58-61,77-79,83-85H,7-12,31-39,71-76H2,(H,80,89)(H,81,90)(H,82,91)/t58?,59?,60?,61?,68-,69-,70-/m0/s1. The van der Waals surface area contributed by atoms with Crippen LogP contribution in [0.5, 0.6) is 0 Å². The number of carbonyl (C=O) groups excluding carboxylic acids is 6. The number of benzene rings is 6. The van der Waals surface area contributed by atoms with Crippen LogP contribution in [0.3, 0.4) is 0 Å². The molecule has 0 radical (unpaired) electrons. The first kappa shape index (κ1) is 66.4. The van der Waals surface area contributed by atoms with Gasteiger partial charge >= 0.3 is 0 Å². The summed E-state index contributed by atoms with van der Waals surface area (Å²) in [5.74, 6) is -5.55. The number of amides is 3. The van der Waals surface area contributed by atoms with E-state index in [4.69, 9.17) is 34.4 Å². The van der Waals surface area contributed by atoms with Gasteiger partial charge < -0.3 is 80.6 Å². The summed E-state index contributed by atoms with van der Waals surface area (Å²) < 4.78 is 0. The average molecular weight is 1240 g/mol. The van der Waals surface area contributed by atoms with Gasteiger partial charge in [-0.2, -0.15) is 0 Å². The van der Waals surface area contributed by atoms with E-state index in [-0.39, 0.29) is 38.5 Å². The van der Waals surface area contributed by atoms with Crippen LogP contribution < -0.4 is 50.4 Å². The zero-order valence-electron chi connectivity index (χ0n) is 50.8. The highest BCUT2D eigenvalue weighted by Crippen LogP contribution is 2.36. The molecule has 6 atom stereocenters. The van der Waals surface area contributed by atoms with Gasteiger partial charge in [-0.25, -0.2) is 0 Å². The highest BCUT2D eigenvalue weighted by atomic mass is 16.3. The van der Waals surface area contributed by atoms with Crippen LogP contribution in [0.1, 0.15) is 97.1 Å². The molecule has 21 nitrogen and oxygen atoms in total.